The van der Waals surface area contributed by atoms with E-state index in [0.717, 1.165) is 11.3 Å². The molecule has 0 radical (unpaired) electrons. The van der Waals surface area contributed by atoms with Crippen molar-refractivity contribution in [2.45, 2.75) is 25.2 Å². The fraction of sp³-hybridized carbons (Fsp3) is 0.500. The van der Waals surface area contributed by atoms with E-state index in [1.54, 1.807) is 4.90 Å². The lowest BCUT2D eigenvalue weighted by Gasteiger charge is -2.35. The molecule has 0 bridgehead atoms. The molecule has 2 unspecified atom stereocenters. The summed E-state index contributed by atoms with van der Waals surface area (Å²) in [5, 5.41) is 0. The molecule has 1 aliphatic carbocycles. The van der Waals surface area contributed by atoms with Gasteiger partial charge in [0.1, 0.15) is 6.54 Å². The van der Waals surface area contributed by atoms with E-state index in [-0.39, 0.29) is 48.9 Å². The SMILES string of the molecule is O=C(CN1C(=O)CCC1=O)N1CCN(C(=O)C2CC2c2ccccc2)CC1. The van der Waals surface area contributed by atoms with Crippen LogP contribution in [0.3, 0.4) is 0 Å². The summed E-state index contributed by atoms with van der Waals surface area (Å²) < 4.78 is 0. The first-order valence-electron chi connectivity index (χ1n) is 9.49. The molecule has 0 spiro atoms. The lowest BCUT2D eigenvalue weighted by molar-refractivity contribution is -0.147. The minimum Gasteiger partial charge on any atom is -0.339 e. The summed E-state index contributed by atoms with van der Waals surface area (Å²) in [7, 11) is 0. The van der Waals surface area contributed by atoms with Crippen molar-refractivity contribution in [1.82, 2.24) is 14.7 Å². The Balaban J connectivity index is 1.27. The molecule has 0 N–H and O–H groups in total. The van der Waals surface area contributed by atoms with Crippen LogP contribution in [0.2, 0.25) is 0 Å². The molecular formula is C20H23N3O4. The van der Waals surface area contributed by atoms with Crippen LogP contribution in [-0.4, -0.2) is 71.1 Å². The molecule has 3 fully saturated rings. The van der Waals surface area contributed by atoms with Crippen molar-refractivity contribution in [2.24, 2.45) is 5.92 Å². The summed E-state index contributed by atoms with van der Waals surface area (Å²) in [5.41, 5.74) is 1.21. The van der Waals surface area contributed by atoms with Crippen LogP contribution < -0.4 is 0 Å². The van der Waals surface area contributed by atoms with Crippen LogP contribution in [0.25, 0.3) is 0 Å². The highest BCUT2D eigenvalue weighted by Gasteiger charge is 2.46. The van der Waals surface area contributed by atoms with Gasteiger partial charge < -0.3 is 9.80 Å². The maximum Gasteiger partial charge on any atom is 0.242 e. The zero-order chi connectivity index (χ0) is 19.0. The second-order valence-electron chi connectivity index (χ2n) is 7.44. The van der Waals surface area contributed by atoms with Gasteiger partial charge in [-0.25, -0.2) is 0 Å². The Morgan fingerprint density at radius 1 is 0.889 bits per heavy atom. The number of likely N-dealkylation sites (tertiary alicyclic amines) is 1. The van der Waals surface area contributed by atoms with E-state index < -0.39 is 0 Å². The lowest BCUT2D eigenvalue weighted by atomic mass is 10.1. The second kappa shape index (κ2) is 7.13. The number of nitrogens with zero attached hydrogens (tertiary/aromatic N) is 3. The van der Waals surface area contributed by atoms with Crippen LogP contribution >= 0.6 is 0 Å². The number of benzene rings is 1. The average molecular weight is 369 g/mol. The van der Waals surface area contributed by atoms with Crippen LogP contribution in [0.5, 0.6) is 0 Å². The number of carbonyl (C=O) groups is 4. The Morgan fingerprint density at radius 3 is 2.11 bits per heavy atom. The summed E-state index contributed by atoms with van der Waals surface area (Å²) in [6, 6.07) is 10.1. The molecule has 4 amide bonds. The van der Waals surface area contributed by atoms with E-state index in [0.29, 0.717) is 32.1 Å². The van der Waals surface area contributed by atoms with Crippen molar-refractivity contribution in [2.75, 3.05) is 32.7 Å². The monoisotopic (exact) mass is 369 g/mol. The molecular weight excluding hydrogens is 346 g/mol. The lowest BCUT2D eigenvalue weighted by Crippen LogP contribution is -2.53. The van der Waals surface area contributed by atoms with Crippen molar-refractivity contribution in [3.8, 4) is 0 Å². The maximum absolute atomic E-state index is 12.7. The third-order valence-electron chi connectivity index (χ3n) is 5.73. The third kappa shape index (κ3) is 3.59. The Hall–Kier alpha value is -2.70. The van der Waals surface area contributed by atoms with E-state index in [4.69, 9.17) is 0 Å². The normalized spacial score (nSPS) is 25.1. The number of amides is 4. The first-order valence-corrected chi connectivity index (χ1v) is 9.49. The number of imide groups is 1. The van der Waals surface area contributed by atoms with Gasteiger partial charge in [-0.05, 0) is 17.9 Å². The van der Waals surface area contributed by atoms with Gasteiger partial charge in [0, 0.05) is 44.9 Å². The highest BCUT2D eigenvalue weighted by molar-refractivity contribution is 6.04. The van der Waals surface area contributed by atoms with Gasteiger partial charge in [0.15, 0.2) is 0 Å². The summed E-state index contributed by atoms with van der Waals surface area (Å²) in [6.45, 7) is 1.73. The van der Waals surface area contributed by atoms with E-state index in [1.165, 1.54) is 5.56 Å². The van der Waals surface area contributed by atoms with E-state index >= 15 is 0 Å². The van der Waals surface area contributed by atoms with Crippen molar-refractivity contribution < 1.29 is 19.2 Å². The number of piperazine rings is 1. The first-order chi connectivity index (χ1) is 13.0. The Bertz CT molecular complexity index is 755. The first kappa shape index (κ1) is 17.7. The third-order valence-corrected chi connectivity index (χ3v) is 5.73. The Morgan fingerprint density at radius 2 is 1.48 bits per heavy atom. The fourth-order valence-electron chi connectivity index (χ4n) is 3.98. The van der Waals surface area contributed by atoms with Crippen molar-refractivity contribution in [1.29, 1.82) is 0 Å². The molecule has 1 aromatic carbocycles. The molecule has 3 aliphatic rings. The van der Waals surface area contributed by atoms with E-state index in [1.807, 2.05) is 23.1 Å². The summed E-state index contributed by atoms with van der Waals surface area (Å²) in [5.74, 6) is -0.245. The van der Waals surface area contributed by atoms with Crippen LogP contribution in [0, 0.1) is 5.92 Å². The van der Waals surface area contributed by atoms with Gasteiger partial charge >= 0.3 is 0 Å². The predicted molar refractivity (Wildman–Crippen MR) is 96.4 cm³/mol. The molecule has 2 atom stereocenters. The maximum atomic E-state index is 12.7. The van der Waals surface area contributed by atoms with Gasteiger partial charge in [-0.15, -0.1) is 0 Å². The van der Waals surface area contributed by atoms with E-state index in [2.05, 4.69) is 12.1 Å². The van der Waals surface area contributed by atoms with Crippen molar-refractivity contribution >= 4 is 23.6 Å². The molecule has 1 aromatic rings. The smallest absolute Gasteiger partial charge is 0.242 e. The largest absolute Gasteiger partial charge is 0.339 e. The van der Waals surface area contributed by atoms with E-state index in [9.17, 15) is 19.2 Å². The molecule has 1 saturated carbocycles. The zero-order valence-electron chi connectivity index (χ0n) is 15.2. The van der Waals surface area contributed by atoms with Gasteiger partial charge in [-0.3, -0.25) is 24.1 Å². The average Bonchev–Trinajstić information content (AvgIpc) is 3.45. The summed E-state index contributed by atoms with van der Waals surface area (Å²) in [6.07, 6.45) is 1.28. The predicted octanol–water partition coefficient (Wildman–Crippen LogP) is 0.610. The van der Waals surface area contributed by atoms with Crippen LogP contribution in [-0.2, 0) is 19.2 Å². The number of hydrogen-bond donors (Lipinski definition) is 0. The molecule has 4 rings (SSSR count). The molecule has 7 nitrogen and oxygen atoms in total. The highest BCUT2D eigenvalue weighted by Crippen LogP contribution is 2.48. The van der Waals surface area contributed by atoms with Crippen LogP contribution in [0.1, 0.15) is 30.7 Å². The number of hydrogen-bond acceptors (Lipinski definition) is 4. The minimum atomic E-state index is -0.275. The Kier molecular flexibility index (Phi) is 4.68. The number of carbonyl (C=O) groups excluding carboxylic acids is 4. The summed E-state index contributed by atoms with van der Waals surface area (Å²) >= 11 is 0. The molecule has 2 aliphatic heterocycles. The van der Waals surface area contributed by atoms with Gasteiger partial charge in [0.05, 0.1) is 0 Å². The Labute approximate surface area is 157 Å². The van der Waals surface area contributed by atoms with Gasteiger partial charge in [0.2, 0.25) is 23.6 Å². The van der Waals surface area contributed by atoms with Gasteiger partial charge in [0.25, 0.3) is 0 Å². The van der Waals surface area contributed by atoms with Crippen LogP contribution in [0.4, 0.5) is 0 Å². The molecule has 142 valence electrons. The van der Waals surface area contributed by atoms with Gasteiger partial charge in [-0.1, -0.05) is 30.3 Å². The highest BCUT2D eigenvalue weighted by atomic mass is 16.2. The molecule has 7 heteroatoms. The quantitative estimate of drug-likeness (QED) is 0.729. The number of rotatable bonds is 4. The topological polar surface area (TPSA) is 78.0 Å². The zero-order valence-corrected chi connectivity index (χ0v) is 15.2. The molecule has 2 saturated heterocycles. The molecule has 2 heterocycles. The minimum absolute atomic E-state index is 0.0505. The summed E-state index contributed by atoms with van der Waals surface area (Å²) in [4.78, 5) is 52.9. The standard InChI is InChI=1S/C20H23N3O4/c24-17-6-7-18(25)23(17)13-19(26)21-8-10-22(11-9-21)20(27)16-12-15(16)14-4-2-1-3-5-14/h1-5,15-16H,6-13H2. The van der Waals surface area contributed by atoms with Crippen molar-refractivity contribution in [3.05, 3.63) is 35.9 Å². The van der Waals surface area contributed by atoms with Gasteiger partial charge in [-0.2, -0.15) is 0 Å². The molecule has 0 aromatic heterocycles. The second-order valence-corrected chi connectivity index (χ2v) is 7.44. The van der Waals surface area contributed by atoms with Crippen LogP contribution in [0.15, 0.2) is 30.3 Å². The van der Waals surface area contributed by atoms with Crippen molar-refractivity contribution in [3.63, 3.8) is 0 Å². The molecule has 27 heavy (non-hydrogen) atoms. The fourth-order valence-corrected chi connectivity index (χ4v) is 3.98.